The predicted molar refractivity (Wildman–Crippen MR) is 96.1 cm³/mol. The number of hydroxylamine groups is 1. The van der Waals surface area contributed by atoms with Crippen LogP contribution in [0.2, 0.25) is 0 Å². The molecule has 1 fully saturated rings. The van der Waals surface area contributed by atoms with Crippen LogP contribution in [0, 0.1) is 0 Å². The minimum Gasteiger partial charge on any atom is -0.464 e. The molecule has 0 unspecified atom stereocenters. The van der Waals surface area contributed by atoms with Gasteiger partial charge in [-0.15, -0.1) is 0 Å². The molecule has 2 atom stereocenters. The molecule has 4 rings (SSSR count). The van der Waals surface area contributed by atoms with Gasteiger partial charge in [0.25, 0.3) is 0 Å². The third-order valence-electron chi connectivity index (χ3n) is 4.50. The normalized spacial score (nSPS) is 20.1. The molecule has 1 aliphatic rings. The molecule has 2 heterocycles. The van der Waals surface area contributed by atoms with Crippen molar-refractivity contribution in [2.24, 2.45) is 0 Å². The minimum atomic E-state index is -0.598. The van der Waals surface area contributed by atoms with E-state index >= 15 is 0 Å². The SMILES string of the molecule is CCOC(=O)[C@@H]1C[C@H](c2c[nH]c3ccccc23)N(c2ccccc2)O1. The Labute approximate surface area is 146 Å². The van der Waals surface area contributed by atoms with Crippen molar-refractivity contribution in [3.63, 3.8) is 0 Å². The Morgan fingerprint density at radius 2 is 1.96 bits per heavy atom. The first kappa shape index (κ1) is 15.7. The van der Waals surface area contributed by atoms with E-state index in [9.17, 15) is 4.79 Å². The van der Waals surface area contributed by atoms with E-state index in [1.54, 1.807) is 6.92 Å². The summed E-state index contributed by atoms with van der Waals surface area (Å²) in [7, 11) is 0. The first-order valence-electron chi connectivity index (χ1n) is 8.51. The van der Waals surface area contributed by atoms with Crippen LogP contribution in [0.4, 0.5) is 5.69 Å². The van der Waals surface area contributed by atoms with E-state index in [4.69, 9.17) is 9.57 Å². The second kappa shape index (κ2) is 6.61. The second-order valence-corrected chi connectivity index (χ2v) is 6.05. The average Bonchev–Trinajstić information content (AvgIpc) is 3.27. The van der Waals surface area contributed by atoms with Gasteiger partial charge < -0.3 is 9.72 Å². The summed E-state index contributed by atoms with van der Waals surface area (Å²) < 4.78 is 5.16. The number of esters is 1. The highest BCUT2D eigenvalue weighted by atomic mass is 16.7. The Morgan fingerprint density at radius 3 is 2.76 bits per heavy atom. The summed E-state index contributed by atoms with van der Waals surface area (Å²) in [4.78, 5) is 21.5. The number of carbonyl (C=O) groups is 1. The molecular formula is C20H20N2O3. The van der Waals surface area contributed by atoms with Gasteiger partial charge in [0.1, 0.15) is 0 Å². The van der Waals surface area contributed by atoms with E-state index in [0.29, 0.717) is 13.0 Å². The molecule has 1 aromatic heterocycles. The molecule has 0 spiro atoms. The maximum Gasteiger partial charge on any atom is 0.338 e. The number of rotatable bonds is 4. The van der Waals surface area contributed by atoms with Crippen molar-refractivity contribution in [3.8, 4) is 0 Å². The summed E-state index contributed by atoms with van der Waals surface area (Å²) in [5, 5.41) is 2.97. The molecule has 1 N–H and O–H groups in total. The number of fused-ring (bicyclic) bond motifs is 1. The van der Waals surface area contributed by atoms with Crippen LogP contribution in [0.15, 0.2) is 60.8 Å². The van der Waals surface area contributed by atoms with E-state index in [1.165, 1.54) is 0 Å². The van der Waals surface area contributed by atoms with Crippen molar-refractivity contribution in [1.82, 2.24) is 4.98 Å². The third-order valence-corrected chi connectivity index (χ3v) is 4.50. The van der Waals surface area contributed by atoms with Gasteiger partial charge in [0, 0.05) is 29.1 Å². The first-order chi connectivity index (χ1) is 12.3. The van der Waals surface area contributed by atoms with E-state index in [-0.39, 0.29) is 12.0 Å². The lowest BCUT2D eigenvalue weighted by atomic mass is 10.0. The monoisotopic (exact) mass is 336 g/mol. The highest BCUT2D eigenvalue weighted by Gasteiger charge is 2.40. The Kier molecular flexibility index (Phi) is 4.15. The Morgan fingerprint density at radius 1 is 1.20 bits per heavy atom. The zero-order chi connectivity index (χ0) is 17.2. The molecule has 0 radical (unpaired) electrons. The van der Waals surface area contributed by atoms with Gasteiger partial charge in [-0.3, -0.25) is 4.84 Å². The molecule has 0 bridgehead atoms. The molecule has 2 aromatic carbocycles. The number of nitrogens with one attached hydrogen (secondary N) is 1. The quantitative estimate of drug-likeness (QED) is 0.732. The van der Waals surface area contributed by atoms with Crippen molar-refractivity contribution in [2.75, 3.05) is 11.7 Å². The standard InChI is InChI=1S/C20H20N2O3/c1-2-24-20(23)19-12-18(22(25-19)14-8-4-3-5-9-14)16-13-21-17-11-7-6-10-15(16)17/h3-11,13,18-19,21H,2,12H2,1H3/t18-,19+/m1/s1. The lowest BCUT2D eigenvalue weighted by molar-refractivity contribution is -0.154. The molecule has 0 saturated carbocycles. The zero-order valence-corrected chi connectivity index (χ0v) is 14.0. The Hall–Kier alpha value is -2.79. The number of para-hydroxylation sites is 2. The number of anilines is 1. The number of benzene rings is 2. The number of hydrogen-bond acceptors (Lipinski definition) is 4. The largest absolute Gasteiger partial charge is 0.464 e. The maximum absolute atomic E-state index is 12.2. The highest BCUT2D eigenvalue weighted by molar-refractivity contribution is 5.84. The number of aromatic nitrogens is 1. The van der Waals surface area contributed by atoms with E-state index < -0.39 is 6.10 Å². The van der Waals surface area contributed by atoms with Crippen molar-refractivity contribution in [2.45, 2.75) is 25.5 Å². The smallest absolute Gasteiger partial charge is 0.338 e. The van der Waals surface area contributed by atoms with Crippen LogP contribution in [0.25, 0.3) is 10.9 Å². The van der Waals surface area contributed by atoms with E-state index in [1.807, 2.05) is 59.8 Å². The molecule has 1 aliphatic heterocycles. The number of carbonyl (C=O) groups excluding carboxylic acids is 1. The number of H-pyrrole nitrogens is 1. The van der Waals surface area contributed by atoms with Crippen LogP contribution >= 0.6 is 0 Å². The van der Waals surface area contributed by atoms with E-state index in [2.05, 4.69) is 11.1 Å². The molecule has 5 heteroatoms. The van der Waals surface area contributed by atoms with Crippen LogP contribution in [-0.2, 0) is 14.4 Å². The lowest BCUT2D eigenvalue weighted by Crippen LogP contribution is -2.26. The number of nitrogens with zero attached hydrogens (tertiary/aromatic N) is 1. The summed E-state index contributed by atoms with van der Waals surface area (Å²) in [5.41, 5.74) is 3.11. The maximum atomic E-state index is 12.2. The van der Waals surface area contributed by atoms with Crippen LogP contribution < -0.4 is 5.06 Å². The molecular weight excluding hydrogens is 316 g/mol. The molecule has 1 saturated heterocycles. The number of hydrogen-bond donors (Lipinski definition) is 1. The summed E-state index contributed by atoms with van der Waals surface area (Å²) in [6.45, 7) is 2.15. The highest BCUT2D eigenvalue weighted by Crippen LogP contribution is 2.40. The molecule has 5 nitrogen and oxygen atoms in total. The van der Waals surface area contributed by atoms with Gasteiger partial charge in [-0.25, -0.2) is 9.86 Å². The van der Waals surface area contributed by atoms with Crippen LogP contribution in [0.5, 0.6) is 0 Å². The average molecular weight is 336 g/mol. The predicted octanol–water partition coefficient (Wildman–Crippen LogP) is 3.98. The molecule has 25 heavy (non-hydrogen) atoms. The Balaban J connectivity index is 1.73. The molecule has 0 amide bonds. The number of aromatic amines is 1. The fourth-order valence-electron chi connectivity index (χ4n) is 3.37. The van der Waals surface area contributed by atoms with Crippen molar-refractivity contribution in [1.29, 1.82) is 0 Å². The molecule has 128 valence electrons. The van der Waals surface area contributed by atoms with Gasteiger partial charge in [-0.05, 0) is 25.1 Å². The zero-order valence-electron chi connectivity index (χ0n) is 14.0. The van der Waals surface area contributed by atoms with Crippen molar-refractivity contribution < 1.29 is 14.4 Å². The Bertz CT molecular complexity index is 875. The molecule has 0 aliphatic carbocycles. The third kappa shape index (κ3) is 2.87. The molecule has 3 aromatic rings. The van der Waals surface area contributed by atoms with Crippen LogP contribution in [0.1, 0.15) is 24.9 Å². The van der Waals surface area contributed by atoms with Crippen LogP contribution in [0.3, 0.4) is 0 Å². The van der Waals surface area contributed by atoms with E-state index in [0.717, 1.165) is 22.2 Å². The fraction of sp³-hybridized carbons (Fsp3) is 0.250. The van der Waals surface area contributed by atoms with Crippen molar-refractivity contribution >= 4 is 22.6 Å². The summed E-state index contributed by atoms with van der Waals surface area (Å²) in [5.74, 6) is -0.314. The lowest BCUT2D eigenvalue weighted by Gasteiger charge is -2.24. The van der Waals surface area contributed by atoms with Gasteiger partial charge in [0.15, 0.2) is 6.10 Å². The van der Waals surface area contributed by atoms with Gasteiger partial charge in [-0.1, -0.05) is 36.4 Å². The van der Waals surface area contributed by atoms with Crippen LogP contribution in [-0.4, -0.2) is 23.7 Å². The summed E-state index contributed by atoms with van der Waals surface area (Å²) in [6, 6.07) is 17.9. The van der Waals surface area contributed by atoms with Gasteiger partial charge in [0.2, 0.25) is 0 Å². The van der Waals surface area contributed by atoms with Gasteiger partial charge >= 0.3 is 5.97 Å². The summed E-state index contributed by atoms with van der Waals surface area (Å²) >= 11 is 0. The topological polar surface area (TPSA) is 54.6 Å². The van der Waals surface area contributed by atoms with Crippen molar-refractivity contribution in [3.05, 3.63) is 66.4 Å². The minimum absolute atomic E-state index is 0.0621. The van der Waals surface area contributed by atoms with Gasteiger partial charge in [0.05, 0.1) is 18.3 Å². The van der Waals surface area contributed by atoms with Gasteiger partial charge in [-0.2, -0.15) is 0 Å². The first-order valence-corrected chi connectivity index (χ1v) is 8.51. The number of ether oxygens (including phenoxy) is 1. The fourth-order valence-corrected chi connectivity index (χ4v) is 3.37. The summed E-state index contributed by atoms with van der Waals surface area (Å²) in [6.07, 6.45) is 1.95. The second-order valence-electron chi connectivity index (χ2n) is 6.05.